The maximum Gasteiger partial charge on any atom is 0.303 e. The van der Waals surface area contributed by atoms with Gasteiger partial charge in [0, 0.05) is 23.8 Å². The molecule has 0 saturated heterocycles. The van der Waals surface area contributed by atoms with Crippen LogP contribution in [0.4, 0.5) is 0 Å². The molecular formula is C13H17NO4S. The normalized spacial score (nSPS) is 15.6. The topological polar surface area (TPSA) is 75.6 Å². The Bertz CT molecular complexity index is 459. The summed E-state index contributed by atoms with van der Waals surface area (Å²) in [6.07, 6.45) is 1.37. The third kappa shape index (κ3) is 3.78. The molecule has 104 valence electrons. The van der Waals surface area contributed by atoms with Gasteiger partial charge in [0.2, 0.25) is 0 Å². The summed E-state index contributed by atoms with van der Waals surface area (Å²) in [6.45, 7) is 3.11. The number of hydrogen-bond donors (Lipinski definition) is 2. The summed E-state index contributed by atoms with van der Waals surface area (Å²) in [5.74, 6) is -0.970. The van der Waals surface area contributed by atoms with E-state index < -0.39 is 5.97 Å². The molecule has 2 heterocycles. The van der Waals surface area contributed by atoms with Crippen molar-refractivity contribution in [3.63, 3.8) is 0 Å². The van der Waals surface area contributed by atoms with Crippen LogP contribution in [0.2, 0.25) is 0 Å². The van der Waals surface area contributed by atoms with E-state index in [9.17, 15) is 9.59 Å². The van der Waals surface area contributed by atoms with Crippen LogP contribution in [0.15, 0.2) is 6.07 Å². The monoisotopic (exact) mass is 283 g/mol. The number of thiophene rings is 1. The zero-order valence-corrected chi connectivity index (χ0v) is 11.6. The van der Waals surface area contributed by atoms with Gasteiger partial charge < -0.3 is 15.2 Å². The first-order valence-corrected chi connectivity index (χ1v) is 7.10. The lowest BCUT2D eigenvalue weighted by Gasteiger charge is -2.11. The fourth-order valence-electron chi connectivity index (χ4n) is 1.97. The number of fused-ring (bicyclic) bond motifs is 1. The molecule has 0 aliphatic carbocycles. The first-order chi connectivity index (χ1) is 9.06. The summed E-state index contributed by atoms with van der Waals surface area (Å²) in [6, 6.07) is 1.73. The molecule has 6 heteroatoms. The van der Waals surface area contributed by atoms with Crippen LogP contribution in [0.1, 0.15) is 39.9 Å². The SMILES string of the molecule is CC(CCC(=O)O)NC(=O)c1cc2c(s1)CCOC2. The molecule has 0 spiro atoms. The molecule has 1 unspecified atom stereocenters. The number of rotatable bonds is 5. The molecule has 1 aliphatic rings. The molecule has 1 aromatic rings. The summed E-state index contributed by atoms with van der Waals surface area (Å²) in [4.78, 5) is 24.4. The zero-order valence-electron chi connectivity index (χ0n) is 10.8. The Kier molecular flexibility index (Phi) is 4.55. The van der Waals surface area contributed by atoms with Crippen molar-refractivity contribution < 1.29 is 19.4 Å². The minimum Gasteiger partial charge on any atom is -0.481 e. The molecule has 1 amide bonds. The highest BCUT2D eigenvalue weighted by molar-refractivity contribution is 7.14. The van der Waals surface area contributed by atoms with Crippen molar-refractivity contribution in [2.75, 3.05) is 6.61 Å². The predicted molar refractivity (Wildman–Crippen MR) is 71.5 cm³/mol. The molecule has 0 bridgehead atoms. The third-order valence-electron chi connectivity index (χ3n) is 3.02. The van der Waals surface area contributed by atoms with Gasteiger partial charge in [-0.05, 0) is 25.0 Å². The Hall–Kier alpha value is -1.40. The molecule has 0 aromatic carbocycles. The Morgan fingerprint density at radius 2 is 2.37 bits per heavy atom. The number of carbonyl (C=O) groups excluding carboxylic acids is 1. The number of carboxylic acids is 1. The van der Waals surface area contributed by atoms with Crippen molar-refractivity contribution in [3.05, 3.63) is 21.4 Å². The highest BCUT2D eigenvalue weighted by Gasteiger charge is 2.18. The summed E-state index contributed by atoms with van der Waals surface area (Å²) >= 11 is 1.50. The summed E-state index contributed by atoms with van der Waals surface area (Å²) in [7, 11) is 0. The average molecular weight is 283 g/mol. The van der Waals surface area contributed by atoms with Crippen molar-refractivity contribution in [1.29, 1.82) is 0 Å². The largest absolute Gasteiger partial charge is 0.481 e. The van der Waals surface area contributed by atoms with Gasteiger partial charge in [0.25, 0.3) is 5.91 Å². The van der Waals surface area contributed by atoms with E-state index in [1.54, 1.807) is 0 Å². The standard InChI is InChI=1S/C13H17NO4S/c1-8(2-3-12(15)16)14-13(17)11-6-9-7-18-5-4-10(9)19-11/h6,8H,2-5,7H2,1H3,(H,14,17)(H,15,16). The summed E-state index contributed by atoms with van der Waals surface area (Å²) in [5, 5.41) is 11.4. The molecule has 19 heavy (non-hydrogen) atoms. The van der Waals surface area contributed by atoms with Crippen LogP contribution < -0.4 is 5.32 Å². The highest BCUT2D eigenvalue weighted by Crippen LogP contribution is 2.26. The lowest BCUT2D eigenvalue weighted by Crippen LogP contribution is -2.32. The van der Waals surface area contributed by atoms with E-state index >= 15 is 0 Å². The highest BCUT2D eigenvalue weighted by atomic mass is 32.1. The van der Waals surface area contributed by atoms with Crippen molar-refractivity contribution in [3.8, 4) is 0 Å². The number of nitrogens with one attached hydrogen (secondary N) is 1. The van der Waals surface area contributed by atoms with E-state index in [-0.39, 0.29) is 18.4 Å². The van der Waals surface area contributed by atoms with E-state index in [0.717, 1.165) is 12.0 Å². The molecule has 2 rings (SSSR count). The molecule has 0 fully saturated rings. The number of ether oxygens (including phenoxy) is 1. The van der Waals surface area contributed by atoms with Crippen LogP contribution in [0.25, 0.3) is 0 Å². The lowest BCUT2D eigenvalue weighted by atomic mass is 10.1. The molecule has 0 radical (unpaired) electrons. The van der Waals surface area contributed by atoms with Crippen LogP contribution in [-0.2, 0) is 22.6 Å². The second-order valence-corrected chi connectivity index (χ2v) is 5.81. The number of hydrogen-bond acceptors (Lipinski definition) is 4. The Balaban J connectivity index is 1.92. The minimum absolute atomic E-state index is 0.0657. The Morgan fingerprint density at radius 3 is 3.05 bits per heavy atom. The van der Waals surface area contributed by atoms with Gasteiger partial charge in [-0.2, -0.15) is 0 Å². The van der Waals surface area contributed by atoms with Crippen molar-refractivity contribution >= 4 is 23.2 Å². The van der Waals surface area contributed by atoms with Gasteiger partial charge in [0.05, 0.1) is 18.1 Å². The number of amides is 1. The number of aliphatic carboxylic acids is 1. The fourth-order valence-corrected chi connectivity index (χ4v) is 3.02. The van der Waals surface area contributed by atoms with E-state index in [2.05, 4.69) is 5.32 Å². The van der Waals surface area contributed by atoms with Gasteiger partial charge in [-0.3, -0.25) is 9.59 Å². The third-order valence-corrected chi connectivity index (χ3v) is 4.26. The van der Waals surface area contributed by atoms with E-state index in [1.807, 2.05) is 13.0 Å². The maximum atomic E-state index is 12.0. The Morgan fingerprint density at radius 1 is 1.58 bits per heavy atom. The second-order valence-electron chi connectivity index (χ2n) is 4.67. The smallest absolute Gasteiger partial charge is 0.303 e. The van der Waals surface area contributed by atoms with Gasteiger partial charge in [-0.1, -0.05) is 0 Å². The maximum absolute atomic E-state index is 12.0. The first kappa shape index (κ1) is 14.0. The minimum atomic E-state index is -0.843. The summed E-state index contributed by atoms with van der Waals surface area (Å²) in [5.41, 5.74) is 1.10. The van der Waals surface area contributed by atoms with Crippen LogP contribution in [0.5, 0.6) is 0 Å². The Labute approximate surface area is 115 Å². The van der Waals surface area contributed by atoms with Crippen LogP contribution in [-0.4, -0.2) is 29.6 Å². The van der Waals surface area contributed by atoms with E-state index in [1.165, 1.54) is 16.2 Å². The van der Waals surface area contributed by atoms with Crippen molar-refractivity contribution in [2.45, 2.75) is 38.8 Å². The molecule has 0 saturated carbocycles. The predicted octanol–water partition coefficient (Wildman–Crippen LogP) is 1.80. The molecule has 1 aliphatic heterocycles. The zero-order chi connectivity index (χ0) is 13.8. The van der Waals surface area contributed by atoms with Gasteiger partial charge in [0.1, 0.15) is 0 Å². The van der Waals surface area contributed by atoms with Crippen molar-refractivity contribution in [1.82, 2.24) is 5.32 Å². The van der Waals surface area contributed by atoms with Crippen LogP contribution in [0.3, 0.4) is 0 Å². The van der Waals surface area contributed by atoms with Gasteiger partial charge in [-0.25, -0.2) is 0 Å². The van der Waals surface area contributed by atoms with Crippen molar-refractivity contribution in [2.24, 2.45) is 0 Å². The fraction of sp³-hybridized carbons (Fsp3) is 0.538. The van der Waals surface area contributed by atoms with Gasteiger partial charge in [0.15, 0.2) is 0 Å². The molecule has 5 nitrogen and oxygen atoms in total. The molecule has 2 N–H and O–H groups in total. The summed E-state index contributed by atoms with van der Waals surface area (Å²) < 4.78 is 5.34. The quantitative estimate of drug-likeness (QED) is 0.864. The van der Waals surface area contributed by atoms with E-state index in [4.69, 9.17) is 9.84 Å². The average Bonchev–Trinajstić information content (AvgIpc) is 2.80. The van der Waals surface area contributed by atoms with Gasteiger partial charge >= 0.3 is 5.97 Å². The van der Waals surface area contributed by atoms with Crippen LogP contribution in [0, 0.1) is 0 Å². The number of carboxylic acid groups (broad SMARTS) is 1. The molecule has 1 aromatic heterocycles. The second kappa shape index (κ2) is 6.16. The first-order valence-electron chi connectivity index (χ1n) is 6.28. The molecular weight excluding hydrogens is 266 g/mol. The molecule has 1 atom stereocenters. The van der Waals surface area contributed by atoms with Gasteiger partial charge in [-0.15, -0.1) is 11.3 Å². The van der Waals surface area contributed by atoms with E-state index in [0.29, 0.717) is 24.5 Å². The number of carbonyl (C=O) groups is 2. The lowest BCUT2D eigenvalue weighted by molar-refractivity contribution is -0.137. The van der Waals surface area contributed by atoms with Crippen LogP contribution >= 0.6 is 11.3 Å².